The van der Waals surface area contributed by atoms with E-state index in [1.54, 1.807) is 0 Å². The minimum Gasteiger partial charge on any atom is -0.494 e. The summed E-state index contributed by atoms with van der Waals surface area (Å²) >= 11 is 0. The molecule has 0 aliphatic heterocycles. The van der Waals surface area contributed by atoms with Gasteiger partial charge in [0.05, 0.1) is 12.1 Å². The molecule has 1 heterocycles. The van der Waals surface area contributed by atoms with E-state index in [1.165, 1.54) is 29.1 Å². The molecule has 0 aliphatic carbocycles. The Labute approximate surface area is 137 Å². The number of allylic oxidation sites excluding steroid dienone is 1. The molecule has 0 aliphatic rings. The van der Waals surface area contributed by atoms with Gasteiger partial charge in [0, 0.05) is 28.1 Å². The molecule has 0 spiro atoms. The normalized spacial score (nSPS) is 11.1. The molecule has 3 rings (SSSR count). The summed E-state index contributed by atoms with van der Waals surface area (Å²) < 4.78 is 5.88. The molecule has 2 aromatic carbocycles. The number of benzene rings is 2. The van der Waals surface area contributed by atoms with E-state index in [4.69, 9.17) is 10.5 Å². The number of aromatic amines is 1. The molecule has 0 bridgehead atoms. The van der Waals surface area contributed by atoms with E-state index in [-0.39, 0.29) is 0 Å². The molecule has 0 saturated carbocycles. The van der Waals surface area contributed by atoms with Gasteiger partial charge in [0.1, 0.15) is 5.75 Å². The largest absolute Gasteiger partial charge is 0.494 e. The first-order chi connectivity index (χ1) is 11.2. The van der Waals surface area contributed by atoms with E-state index < -0.39 is 0 Å². The van der Waals surface area contributed by atoms with Crippen LogP contribution in [-0.4, -0.2) is 11.6 Å². The maximum atomic E-state index is 5.88. The number of para-hydroxylation sites is 1. The number of fused-ring (bicyclic) bond motifs is 3. The smallest absolute Gasteiger partial charge is 0.121 e. The first-order valence-corrected chi connectivity index (χ1v) is 8.30. The molecule has 23 heavy (non-hydrogen) atoms. The maximum Gasteiger partial charge on any atom is 0.121 e. The van der Waals surface area contributed by atoms with Crippen molar-refractivity contribution in [3.05, 3.63) is 54.7 Å². The number of nitrogens with two attached hydrogens (primary N) is 1. The third-order valence-electron chi connectivity index (χ3n) is 4.14. The van der Waals surface area contributed by atoms with Crippen LogP contribution in [0.15, 0.2) is 54.7 Å². The van der Waals surface area contributed by atoms with Gasteiger partial charge in [-0.15, -0.1) is 0 Å². The van der Waals surface area contributed by atoms with Crippen LogP contribution in [0.4, 0.5) is 0 Å². The molecule has 1 aromatic heterocycles. The summed E-state index contributed by atoms with van der Waals surface area (Å²) in [4.78, 5) is 3.45. The Bertz CT molecular complexity index is 804. The zero-order chi connectivity index (χ0) is 16.1. The predicted molar refractivity (Wildman–Crippen MR) is 97.7 cm³/mol. The van der Waals surface area contributed by atoms with Crippen LogP contribution < -0.4 is 10.5 Å². The van der Waals surface area contributed by atoms with Crippen LogP contribution in [0.1, 0.15) is 32.1 Å². The maximum absolute atomic E-state index is 5.88. The minimum absolute atomic E-state index is 0.759. The summed E-state index contributed by atoms with van der Waals surface area (Å²) in [5.74, 6) is 0.930. The van der Waals surface area contributed by atoms with Crippen LogP contribution in [0.5, 0.6) is 5.75 Å². The molecule has 0 fully saturated rings. The number of rotatable bonds is 8. The molecule has 3 aromatic rings. The fourth-order valence-corrected chi connectivity index (χ4v) is 2.92. The number of ether oxygens (including phenoxy) is 1. The van der Waals surface area contributed by atoms with Crippen LogP contribution in [0.3, 0.4) is 0 Å². The Kier molecular flexibility index (Phi) is 4.86. The summed E-state index contributed by atoms with van der Waals surface area (Å²) in [5.41, 5.74) is 8.64. The molecule has 0 unspecified atom stereocenters. The van der Waals surface area contributed by atoms with Gasteiger partial charge in [-0.2, -0.15) is 0 Å². The number of hydrogen-bond donors (Lipinski definition) is 2. The van der Waals surface area contributed by atoms with Crippen molar-refractivity contribution in [3.63, 3.8) is 0 Å². The molecule has 3 N–H and O–H groups in total. The van der Waals surface area contributed by atoms with E-state index in [0.29, 0.717) is 0 Å². The number of hydrogen-bond acceptors (Lipinski definition) is 2. The predicted octanol–water partition coefficient (Wildman–Crippen LogP) is 5.12. The monoisotopic (exact) mass is 308 g/mol. The average molecular weight is 308 g/mol. The minimum atomic E-state index is 0.759. The molecular weight excluding hydrogens is 284 g/mol. The van der Waals surface area contributed by atoms with E-state index in [9.17, 15) is 0 Å². The second-order valence-electron chi connectivity index (χ2n) is 6.05. The summed E-state index contributed by atoms with van der Waals surface area (Å²) in [6.45, 7) is 4.48. The van der Waals surface area contributed by atoms with Crippen LogP contribution in [0.2, 0.25) is 0 Å². The van der Waals surface area contributed by atoms with Crippen molar-refractivity contribution in [2.24, 2.45) is 5.73 Å². The van der Waals surface area contributed by atoms with Gasteiger partial charge in [-0.1, -0.05) is 37.6 Å². The van der Waals surface area contributed by atoms with Crippen molar-refractivity contribution >= 4 is 21.8 Å². The number of nitrogens with one attached hydrogen (secondary N) is 1. The Hall–Kier alpha value is -2.42. The molecule has 0 atom stereocenters. The SMILES string of the molecule is C=C(N)CCCCCCOc1ccc2c(c1)[nH]c1ccccc12. The lowest BCUT2D eigenvalue weighted by atomic mass is 10.1. The van der Waals surface area contributed by atoms with Crippen LogP contribution >= 0.6 is 0 Å². The molecule has 0 saturated heterocycles. The van der Waals surface area contributed by atoms with E-state index in [1.807, 2.05) is 0 Å². The van der Waals surface area contributed by atoms with Crippen LogP contribution in [0.25, 0.3) is 21.8 Å². The highest BCUT2D eigenvalue weighted by atomic mass is 16.5. The van der Waals surface area contributed by atoms with Gasteiger partial charge in [-0.3, -0.25) is 0 Å². The van der Waals surface area contributed by atoms with Gasteiger partial charge in [-0.25, -0.2) is 0 Å². The lowest BCUT2D eigenvalue weighted by Gasteiger charge is -2.06. The topological polar surface area (TPSA) is 51.0 Å². The molecular formula is C20H24N2O. The van der Waals surface area contributed by atoms with Gasteiger partial charge in [0.2, 0.25) is 0 Å². The highest BCUT2D eigenvalue weighted by molar-refractivity contribution is 6.07. The van der Waals surface area contributed by atoms with Gasteiger partial charge >= 0.3 is 0 Å². The zero-order valence-electron chi connectivity index (χ0n) is 13.5. The van der Waals surface area contributed by atoms with Crippen molar-refractivity contribution in [2.75, 3.05) is 6.61 Å². The van der Waals surface area contributed by atoms with Crippen molar-refractivity contribution in [1.29, 1.82) is 0 Å². The molecule has 0 radical (unpaired) electrons. The second kappa shape index (κ2) is 7.23. The van der Waals surface area contributed by atoms with Crippen LogP contribution in [0, 0.1) is 0 Å². The van der Waals surface area contributed by atoms with Gasteiger partial charge in [-0.05, 0) is 37.5 Å². The second-order valence-corrected chi connectivity index (χ2v) is 6.05. The number of unbranched alkanes of at least 4 members (excludes halogenated alkanes) is 3. The summed E-state index contributed by atoms with van der Waals surface area (Å²) in [6, 6.07) is 14.6. The fourth-order valence-electron chi connectivity index (χ4n) is 2.92. The number of aromatic nitrogens is 1. The van der Waals surface area contributed by atoms with Crippen molar-refractivity contribution in [1.82, 2.24) is 4.98 Å². The molecule has 3 heteroatoms. The van der Waals surface area contributed by atoms with Crippen LogP contribution in [-0.2, 0) is 0 Å². The third-order valence-corrected chi connectivity index (χ3v) is 4.14. The summed E-state index contributed by atoms with van der Waals surface area (Å²) in [5, 5.41) is 2.51. The zero-order valence-corrected chi connectivity index (χ0v) is 13.5. The highest BCUT2D eigenvalue weighted by Crippen LogP contribution is 2.28. The Balaban J connectivity index is 1.53. The fraction of sp³-hybridized carbons (Fsp3) is 0.300. The lowest BCUT2D eigenvalue weighted by molar-refractivity contribution is 0.305. The highest BCUT2D eigenvalue weighted by Gasteiger charge is 2.04. The summed E-state index contributed by atoms with van der Waals surface area (Å²) in [7, 11) is 0. The quantitative estimate of drug-likeness (QED) is 0.567. The Morgan fingerprint density at radius 1 is 0.957 bits per heavy atom. The Morgan fingerprint density at radius 2 is 1.74 bits per heavy atom. The van der Waals surface area contributed by atoms with E-state index in [0.717, 1.165) is 42.8 Å². The van der Waals surface area contributed by atoms with Gasteiger partial charge in [0.25, 0.3) is 0 Å². The van der Waals surface area contributed by atoms with Crippen molar-refractivity contribution in [2.45, 2.75) is 32.1 Å². The third kappa shape index (κ3) is 3.86. The molecule has 120 valence electrons. The average Bonchev–Trinajstić information content (AvgIpc) is 2.91. The van der Waals surface area contributed by atoms with E-state index in [2.05, 4.69) is 54.0 Å². The standard InChI is InChI=1S/C20H24N2O/c1-15(21)8-4-2-3-7-13-23-16-11-12-18-17-9-5-6-10-19(17)22-20(18)14-16/h5-6,9-12,14,22H,1-4,7-8,13,21H2. The first-order valence-electron chi connectivity index (χ1n) is 8.30. The number of H-pyrrole nitrogens is 1. The Morgan fingerprint density at radius 3 is 2.61 bits per heavy atom. The molecule has 0 amide bonds. The van der Waals surface area contributed by atoms with E-state index >= 15 is 0 Å². The summed E-state index contributed by atoms with van der Waals surface area (Å²) in [6.07, 6.45) is 5.47. The lowest BCUT2D eigenvalue weighted by Crippen LogP contribution is -1.98. The van der Waals surface area contributed by atoms with Crippen molar-refractivity contribution in [3.8, 4) is 5.75 Å². The van der Waals surface area contributed by atoms with Gasteiger partial charge < -0.3 is 15.5 Å². The first kappa shape index (κ1) is 15.5. The van der Waals surface area contributed by atoms with Gasteiger partial charge in [0.15, 0.2) is 0 Å². The molecule has 3 nitrogen and oxygen atoms in total. The van der Waals surface area contributed by atoms with Crippen molar-refractivity contribution < 1.29 is 4.74 Å².